The lowest BCUT2D eigenvalue weighted by atomic mass is 10.1. The van der Waals surface area contributed by atoms with E-state index in [1.54, 1.807) is 0 Å². The first kappa shape index (κ1) is 10.3. The highest BCUT2D eigenvalue weighted by Crippen LogP contribution is 2.35. The Labute approximate surface area is 78.8 Å². The van der Waals surface area contributed by atoms with Gasteiger partial charge in [0, 0.05) is 12.1 Å². The van der Waals surface area contributed by atoms with Crippen LogP contribution in [0.15, 0.2) is 12.2 Å². The van der Waals surface area contributed by atoms with E-state index in [-0.39, 0.29) is 5.57 Å². The van der Waals surface area contributed by atoms with Gasteiger partial charge in [-0.25, -0.2) is 4.79 Å². The second-order valence-electron chi connectivity index (χ2n) is 3.85. The van der Waals surface area contributed by atoms with Crippen molar-refractivity contribution in [1.29, 1.82) is 0 Å². The maximum absolute atomic E-state index is 10.4. The smallest absolute Gasteiger partial charge is 0.332 e. The molecule has 13 heavy (non-hydrogen) atoms. The fraction of sp³-hybridized carbons (Fsp3) is 0.700. The number of nitrogens with one attached hydrogen (secondary N) is 1. The van der Waals surface area contributed by atoms with Crippen molar-refractivity contribution < 1.29 is 9.90 Å². The molecule has 1 rings (SSSR count). The maximum atomic E-state index is 10.4. The van der Waals surface area contributed by atoms with E-state index < -0.39 is 5.97 Å². The zero-order valence-corrected chi connectivity index (χ0v) is 8.05. The van der Waals surface area contributed by atoms with Gasteiger partial charge in [0.1, 0.15) is 0 Å². The van der Waals surface area contributed by atoms with E-state index in [0.29, 0.717) is 12.5 Å². The topological polar surface area (TPSA) is 49.3 Å². The molecule has 2 N–H and O–H groups in total. The van der Waals surface area contributed by atoms with Gasteiger partial charge in [0.25, 0.3) is 0 Å². The second-order valence-corrected chi connectivity index (χ2v) is 3.85. The Morgan fingerprint density at radius 3 is 2.77 bits per heavy atom. The van der Waals surface area contributed by atoms with Crippen LogP contribution in [0.25, 0.3) is 0 Å². The number of carbonyl (C=O) groups is 1. The predicted octanol–water partition coefficient (Wildman–Crippen LogP) is 1.26. The average molecular weight is 183 g/mol. The van der Waals surface area contributed by atoms with Crippen molar-refractivity contribution in [2.45, 2.75) is 19.8 Å². The average Bonchev–Trinajstić information content (AvgIpc) is 2.85. The first-order valence-electron chi connectivity index (χ1n) is 4.73. The van der Waals surface area contributed by atoms with Crippen molar-refractivity contribution in [1.82, 2.24) is 5.32 Å². The lowest BCUT2D eigenvalue weighted by Gasteiger charge is -2.10. The van der Waals surface area contributed by atoms with Crippen LogP contribution in [-0.4, -0.2) is 24.2 Å². The second kappa shape index (κ2) is 4.42. The summed E-state index contributed by atoms with van der Waals surface area (Å²) in [5, 5.41) is 11.6. The van der Waals surface area contributed by atoms with Crippen LogP contribution in [0.1, 0.15) is 19.8 Å². The number of hydrogen-bond acceptors (Lipinski definition) is 2. The zero-order valence-electron chi connectivity index (χ0n) is 8.05. The first-order valence-corrected chi connectivity index (χ1v) is 4.73. The molecule has 1 unspecified atom stereocenters. The van der Waals surface area contributed by atoms with Crippen LogP contribution in [0.4, 0.5) is 0 Å². The number of carboxylic acids is 1. The largest absolute Gasteiger partial charge is 0.478 e. The fourth-order valence-electron chi connectivity index (χ4n) is 1.36. The van der Waals surface area contributed by atoms with Gasteiger partial charge in [0.05, 0.1) is 0 Å². The van der Waals surface area contributed by atoms with Gasteiger partial charge in [0.2, 0.25) is 0 Å². The third kappa shape index (κ3) is 3.59. The summed E-state index contributed by atoms with van der Waals surface area (Å²) in [5.74, 6) is 0.624. The van der Waals surface area contributed by atoms with Gasteiger partial charge in [-0.3, -0.25) is 0 Å². The SMILES string of the molecule is C=C(CNCC(C)C1CC1)C(=O)O. The minimum atomic E-state index is -0.911. The summed E-state index contributed by atoms with van der Waals surface area (Å²) < 4.78 is 0. The van der Waals surface area contributed by atoms with Crippen molar-refractivity contribution in [2.75, 3.05) is 13.1 Å². The molecular formula is C10H17NO2. The molecule has 0 aromatic carbocycles. The molecule has 0 aliphatic heterocycles. The summed E-state index contributed by atoms with van der Waals surface area (Å²) in [7, 11) is 0. The number of aliphatic carboxylic acids is 1. The molecule has 0 amide bonds. The van der Waals surface area contributed by atoms with E-state index in [4.69, 9.17) is 5.11 Å². The molecule has 1 saturated carbocycles. The normalized spacial score (nSPS) is 18.2. The quantitative estimate of drug-likeness (QED) is 0.609. The van der Waals surface area contributed by atoms with Crippen molar-refractivity contribution in [3.63, 3.8) is 0 Å². The molecule has 3 nitrogen and oxygen atoms in total. The van der Waals surface area contributed by atoms with Crippen molar-refractivity contribution in [3.05, 3.63) is 12.2 Å². The van der Waals surface area contributed by atoms with Crippen molar-refractivity contribution in [2.24, 2.45) is 11.8 Å². The molecule has 0 radical (unpaired) electrons. The van der Waals surface area contributed by atoms with Gasteiger partial charge < -0.3 is 10.4 Å². The lowest BCUT2D eigenvalue weighted by Crippen LogP contribution is -2.26. The van der Waals surface area contributed by atoms with Crippen LogP contribution >= 0.6 is 0 Å². The van der Waals surface area contributed by atoms with E-state index in [2.05, 4.69) is 18.8 Å². The molecule has 0 aromatic rings. The minimum absolute atomic E-state index is 0.239. The Balaban J connectivity index is 2.05. The Kier molecular flexibility index (Phi) is 3.48. The molecule has 74 valence electrons. The highest BCUT2D eigenvalue weighted by Gasteiger charge is 2.27. The summed E-state index contributed by atoms with van der Waals surface area (Å²) in [6.45, 7) is 6.95. The van der Waals surface area contributed by atoms with Crippen molar-refractivity contribution >= 4 is 5.97 Å². The first-order chi connectivity index (χ1) is 6.11. The van der Waals surface area contributed by atoms with Gasteiger partial charge in [-0.2, -0.15) is 0 Å². The third-order valence-electron chi connectivity index (χ3n) is 2.53. The van der Waals surface area contributed by atoms with E-state index in [1.165, 1.54) is 12.8 Å². The van der Waals surface area contributed by atoms with Crippen LogP contribution in [0.5, 0.6) is 0 Å². The number of rotatable bonds is 6. The summed E-state index contributed by atoms with van der Waals surface area (Å²) >= 11 is 0. The van der Waals surface area contributed by atoms with Gasteiger partial charge >= 0.3 is 5.97 Å². The van der Waals surface area contributed by atoms with Crippen LogP contribution in [0.3, 0.4) is 0 Å². The molecule has 1 aliphatic carbocycles. The molecule has 0 aromatic heterocycles. The van der Waals surface area contributed by atoms with E-state index in [1.807, 2.05) is 0 Å². The molecule has 1 fully saturated rings. The molecule has 1 atom stereocenters. The number of hydrogen-bond donors (Lipinski definition) is 2. The van der Waals surface area contributed by atoms with Crippen molar-refractivity contribution in [3.8, 4) is 0 Å². The lowest BCUT2D eigenvalue weighted by molar-refractivity contribution is -0.132. The molecule has 0 bridgehead atoms. The predicted molar refractivity (Wildman–Crippen MR) is 51.5 cm³/mol. The van der Waals surface area contributed by atoms with Gasteiger partial charge in [0.15, 0.2) is 0 Å². The van der Waals surface area contributed by atoms with Gasteiger partial charge in [-0.1, -0.05) is 13.5 Å². The number of carboxylic acid groups (broad SMARTS) is 1. The molecule has 0 heterocycles. The highest BCUT2D eigenvalue weighted by atomic mass is 16.4. The summed E-state index contributed by atoms with van der Waals surface area (Å²) in [6, 6.07) is 0. The zero-order chi connectivity index (χ0) is 9.84. The molecule has 3 heteroatoms. The third-order valence-corrected chi connectivity index (χ3v) is 2.53. The highest BCUT2D eigenvalue weighted by molar-refractivity contribution is 5.86. The van der Waals surface area contributed by atoms with Crippen LogP contribution in [0, 0.1) is 11.8 Å². The van der Waals surface area contributed by atoms with E-state index in [0.717, 1.165) is 12.5 Å². The summed E-state index contributed by atoms with van der Waals surface area (Å²) in [4.78, 5) is 10.4. The Hall–Kier alpha value is -0.830. The minimum Gasteiger partial charge on any atom is -0.478 e. The monoisotopic (exact) mass is 183 g/mol. The van der Waals surface area contributed by atoms with Gasteiger partial charge in [-0.15, -0.1) is 0 Å². The van der Waals surface area contributed by atoms with E-state index >= 15 is 0 Å². The maximum Gasteiger partial charge on any atom is 0.332 e. The molecular weight excluding hydrogens is 166 g/mol. The molecule has 1 aliphatic rings. The Morgan fingerprint density at radius 1 is 1.69 bits per heavy atom. The standard InChI is InChI=1S/C10H17NO2/c1-7(9-3-4-9)5-11-6-8(2)10(12)13/h7,9,11H,2-6H2,1H3,(H,12,13). The summed E-state index contributed by atoms with van der Waals surface area (Å²) in [6.07, 6.45) is 2.67. The fourth-order valence-corrected chi connectivity index (χ4v) is 1.36. The molecule has 0 saturated heterocycles. The summed E-state index contributed by atoms with van der Waals surface area (Å²) in [5.41, 5.74) is 0.239. The van der Waals surface area contributed by atoms with Gasteiger partial charge in [-0.05, 0) is 31.2 Å². The van der Waals surface area contributed by atoms with Crippen LogP contribution < -0.4 is 5.32 Å². The van der Waals surface area contributed by atoms with Crippen LogP contribution in [-0.2, 0) is 4.79 Å². The van der Waals surface area contributed by atoms with E-state index in [9.17, 15) is 4.79 Å². The Morgan fingerprint density at radius 2 is 2.31 bits per heavy atom. The van der Waals surface area contributed by atoms with Crippen LogP contribution in [0.2, 0.25) is 0 Å². The Bertz CT molecular complexity index is 209. The molecule has 0 spiro atoms.